The molecule has 0 aromatic heterocycles. The van der Waals surface area contributed by atoms with E-state index in [4.69, 9.17) is 4.74 Å². The van der Waals surface area contributed by atoms with Crippen LogP contribution >= 0.6 is 12.4 Å². The van der Waals surface area contributed by atoms with Gasteiger partial charge in [0.25, 0.3) is 0 Å². The van der Waals surface area contributed by atoms with Crippen LogP contribution in [0.15, 0.2) is 0 Å². The van der Waals surface area contributed by atoms with Gasteiger partial charge in [0.1, 0.15) is 0 Å². The van der Waals surface area contributed by atoms with Gasteiger partial charge in [0.15, 0.2) is 0 Å². The molecule has 1 saturated carbocycles. The maximum Gasteiger partial charge on any atom is 0.221 e. The number of amides is 1. The molecule has 2 unspecified atom stereocenters. The Balaban J connectivity index is 0.00000324. The van der Waals surface area contributed by atoms with Crippen LogP contribution in [0.1, 0.15) is 46.5 Å². The highest BCUT2D eigenvalue weighted by molar-refractivity contribution is 5.85. The second-order valence-corrected chi connectivity index (χ2v) is 5.09. The molecule has 5 heteroatoms. The van der Waals surface area contributed by atoms with Crippen LogP contribution in [-0.2, 0) is 9.53 Å². The summed E-state index contributed by atoms with van der Waals surface area (Å²) < 4.78 is 5.80. The molecule has 0 radical (unpaired) electrons. The molecule has 0 saturated heterocycles. The molecule has 0 aliphatic heterocycles. The van der Waals surface area contributed by atoms with E-state index >= 15 is 0 Å². The lowest BCUT2D eigenvalue weighted by Crippen LogP contribution is -2.64. The Kier molecular flexibility index (Phi) is 8.62. The number of carbonyl (C=O) groups is 1. The summed E-state index contributed by atoms with van der Waals surface area (Å²) in [7, 11) is 1.87. The first-order valence-corrected chi connectivity index (χ1v) is 7.20. The number of hydrogen-bond acceptors (Lipinski definition) is 3. The first kappa shape index (κ1) is 18.7. The van der Waals surface area contributed by atoms with Gasteiger partial charge in [-0.2, -0.15) is 0 Å². The molecular formula is C14H29ClN2O2. The predicted octanol–water partition coefficient (Wildman–Crippen LogP) is 2.12. The summed E-state index contributed by atoms with van der Waals surface area (Å²) in [6, 6.07) is 0.286. The molecule has 0 heterocycles. The zero-order chi connectivity index (χ0) is 13.6. The molecule has 4 nitrogen and oxygen atoms in total. The molecule has 1 amide bonds. The lowest BCUT2D eigenvalue weighted by atomic mass is 9.58. The van der Waals surface area contributed by atoms with Crippen LogP contribution in [-0.4, -0.2) is 38.3 Å². The molecule has 1 fully saturated rings. The smallest absolute Gasteiger partial charge is 0.221 e. The number of halogens is 1. The van der Waals surface area contributed by atoms with E-state index in [-0.39, 0.29) is 29.8 Å². The summed E-state index contributed by atoms with van der Waals surface area (Å²) in [6.07, 6.45) is 3.94. The molecule has 0 spiro atoms. The normalized spacial score (nSPS) is 24.2. The first-order valence-electron chi connectivity index (χ1n) is 7.20. The summed E-state index contributed by atoms with van der Waals surface area (Å²) >= 11 is 0. The monoisotopic (exact) mass is 292 g/mol. The Labute approximate surface area is 123 Å². The number of rotatable bonds is 8. The van der Waals surface area contributed by atoms with Gasteiger partial charge in [-0.05, 0) is 33.2 Å². The summed E-state index contributed by atoms with van der Waals surface area (Å²) in [6.45, 7) is 7.92. The number of nitrogens with one attached hydrogen (secondary N) is 2. The van der Waals surface area contributed by atoms with E-state index in [2.05, 4.69) is 24.5 Å². The van der Waals surface area contributed by atoms with Crippen molar-refractivity contribution in [3.63, 3.8) is 0 Å². The second-order valence-electron chi connectivity index (χ2n) is 5.09. The minimum Gasteiger partial charge on any atom is -0.378 e. The Morgan fingerprint density at radius 2 is 1.95 bits per heavy atom. The zero-order valence-corrected chi connectivity index (χ0v) is 13.4. The second kappa shape index (κ2) is 8.77. The van der Waals surface area contributed by atoms with Crippen molar-refractivity contribution in [3.8, 4) is 0 Å². The molecule has 0 aromatic carbocycles. The van der Waals surface area contributed by atoms with E-state index in [0.717, 1.165) is 32.4 Å². The van der Waals surface area contributed by atoms with Crippen LogP contribution < -0.4 is 10.6 Å². The van der Waals surface area contributed by atoms with Crippen LogP contribution in [0.4, 0.5) is 0 Å². The van der Waals surface area contributed by atoms with Crippen LogP contribution in [0.25, 0.3) is 0 Å². The molecule has 19 heavy (non-hydrogen) atoms. The quantitative estimate of drug-likeness (QED) is 0.720. The van der Waals surface area contributed by atoms with E-state index in [1.165, 1.54) is 0 Å². The Morgan fingerprint density at radius 1 is 1.32 bits per heavy atom. The lowest BCUT2D eigenvalue weighted by molar-refractivity contribution is -0.148. The van der Waals surface area contributed by atoms with Crippen LogP contribution in [0.5, 0.6) is 0 Å². The van der Waals surface area contributed by atoms with Crippen LogP contribution in [0, 0.1) is 5.41 Å². The summed E-state index contributed by atoms with van der Waals surface area (Å²) in [5.41, 5.74) is 0.144. The van der Waals surface area contributed by atoms with Gasteiger partial charge in [0, 0.05) is 31.0 Å². The molecule has 2 atom stereocenters. The third-order valence-electron chi connectivity index (χ3n) is 4.41. The van der Waals surface area contributed by atoms with Gasteiger partial charge in [-0.1, -0.05) is 13.8 Å². The minimum atomic E-state index is 0. The Morgan fingerprint density at radius 3 is 2.42 bits per heavy atom. The third kappa shape index (κ3) is 4.07. The van der Waals surface area contributed by atoms with Crippen molar-refractivity contribution < 1.29 is 9.53 Å². The molecule has 114 valence electrons. The van der Waals surface area contributed by atoms with E-state index in [9.17, 15) is 4.79 Å². The topological polar surface area (TPSA) is 50.4 Å². The highest BCUT2D eigenvalue weighted by atomic mass is 35.5. The van der Waals surface area contributed by atoms with Gasteiger partial charge in [0.05, 0.1) is 6.10 Å². The Hall–Kier alpha value is -0.320. The van der Waals surface area contributed by atoms with Crippen molar-refractivity contribution in [2.75, 3.05) is 20.2 Å². The van der Waals surface area contributed by atoms with Crippen molar-refractivity contribution in [2.24, 2.45) is 5.41 Å². The van der Waals surface area contributed by atoms with E-state index in [1.807, 2.05) is 14.0 Å². The molecule has 0 bridgehead atoms. The standard InChI is InChI=1S/C14H28N2O2.ClH/c1-5-14(6-2)11(10-12(14)18-7-3)16-13(17)8-9-15-4;/h11-12,15H,5-10H2,1-4H3,(H,16,17);1H. The Bertz CT molecular complexity index is 270. The first-order chi connectivity index (χ1) is 8.64. The molecule has 1 aliphatic rings. The average molecular weight is 293 g/mol. The summed E-state index contributed by atoms with van der Waals surface area (Å²) in [4.78, 5) is 11.8. The van der Waals surface area contributed by atoms with Crippen molar-refractivity contribution in [1.29, 1.82) is 0 Å². The van der Waals surface area contributed by atoms with Crippen molar-refractivity contribution >= 4 is 18.3 Å². The van der Waals surface area contributed by atoms with Gasteiger partial charge >= 0.3 is 0 Å². The van der Waals surface area contributed by atoms with Crippen molar-refractivity contribution in [1.82, 2.24) is 10.6 Å². The van der Waals surface area contributed by atoms with E-state index in [1.54, 1.807) is 0 Å². The predicted molar refractivity (Wildman–Crippen MR) is 80.8 cm³/mol. The van der Waals surface area contributed by atoms with Crippen LogP contribution in [0.3, 0.4) is 0 Å². The molecule has 1 aliphatic carbocycles. The molecular weight excluding hydrogens is 264 g/mol. The fourth-order valence-corrected chi connectivity index (χ4v) is 3.09. The average Bonchev–Trinajstić information content (AvgIpc) is 2.36. The van der Waals surface area contributed by atoms with Gasteiger partial charge in [-0.3, -0.25) is 4.79 Å². The van der Waals surface area contributed by atoms with E-state index < -0.39 is 0 Å². The fraction of sp³-hybridized carbons (Fsp3) is 0.929. The minimum absolute atomic E-state index is 0. The van der Waals surface area contributed by atoms with Crippen molar-refractivity contribution in [3.05, 3.63) is 0 Å². The van der Waals surface area contributed by atoms with Gasteiger partial charge in [-0.25, -0.2) is 0 Å². The third-order valence-corrected chi connectivity index (χ3v) is 4.41. The van der Waals surface area contributed by atoms with Gasteiger partial charge in [-0.15, -0.1) is 12.4 Å². The molecule has 1 rings (SSSR count). The highest BCUT2D eigenvalue weighted by Gasteiger charge is 2.53. The maximum atomic E-state index is 11.8. The lowest BCUT2D eigenvalue weighted by Gasteiger charge is -2.55. The summed E-state index contributed by atoms with van der Waals surface area (Å²) in [5, 5.41) is 6.17. The molecule has 0 aromatic rings. The zero-order valence-electron chi connectivity index (χ0n) is 12.6. The van der Waals surface area contributed by atoms with Crippen LogP contribution in [0.2, 0.25) is 0 Å². The van der Waals surface area contributed by atoms with Gasteiger partial charge in [0.2, 0.25) is 5.91 Å². The SMILES string of the molecule is CCOC1CC(NC(=O)CCNC)C1(CC)CC.Cl. The van der Waals surface area contributed by atoms with Gasteiger partial charge < -0.3 is 15.4 Å². The fourth-order valence-electron chi connectivity index (χ4n) is 3.09. The highest BCUT2D eigenvalue weighted by Crippen LogP contribution is 2.48. The molecule has 2 N–H and O–H groups in total. The van der Waals surface area contributed by atoms with E-state index in [0.29, 0.717) is 12.5 Å². The van der Waals surface area contributed by atoms with Crippen molar-refractivity contribution in [2.45, 2.75) is 58.6 Å². The number of carbonyl (C=O) groups excluding carboxylic acids is 1. The maximum absolute atomic E-state index is 11.8. The number of hydrogen-bond donors (Lipinski definition) is 2. The largest absolute Gasteiger partial charge is 0.378 e. The summed E-state index contributed by atoms with van der Waals surface area (Å²) in [5.74, 6) is 0.149. The number of ether oxygens (including phenoxy) is 1.